The Balaban J connectivity index is 1.57. The highest BCUT2D eigenvalue weighted by Gasteiger charge is 2.10. The van der Waals surface area contributed by atoms with Crippen LogP contribution in [0.5, 0.6) is 0 Å². The molecule has 126 valence electrons. The summed E-state index contributed by atoms with van der Waals surface area (Å²) in [4.78, 5) is 24.3. The average molecular weight is 332 g/mol. The summed E-state index contributed by atoms with van der Waals surface area (Å²) in [5, 5.41) is 2.86. The first kappa shape index (κ1) is 16.7. The molecule has 3 aromatic rings. The lowest BCUT2D eigenvalue weighted by atomic mass is 10.0. The minimum atomic E-state index is -0.162. The SMILES string of the molecule is Cc1ccc(C(=O)CCC(=O)Nc2cccc(-n3cccc3)c2)cc1. The van der Waals surface area contributed by atoms with Crippen LogP contribution in [0.4, 0.5) is 5.69 Å². The van der Waals surface area contributed by atoms with Gasteiger partial charge in [0.05, 0.1) is 0 Å². The first-order valence-electron chi connectivity index (χ1n) is 8.25. The molecule has 1 heterocycles. The standard InChI is InChI=1S/C21H20N2O2/c1-16-7-9-17(10-8-16)20(24)11-12-21(25)22-18-5-4-6-19(15-18)23-13-2-3-14-23/h2-10,13-15H,11-12H2,1H3,(H,22,25). The Morgan fingerprint density at radius 2 is 1.64 bits per heavy atom. The van der Waals surface area contributed by atoms with Gasteiger partial charge in [-0.1, -0.05) is 35.9 Å². The number of nitrogens with zero attached hydrogens (tertiary/aromatic N) is 1. The number of aryl methyl sites for hydroxylation is 1. The summed E-state index contributed by atoms with van der Waals surface area (Å²) in [6.45, 7) is 1.98. The van der Waals surface area contributed by atoms with E-state index in [1.807, 2.05) is 72.4 Å². The van der Waals surface area contributed by atoms with Crippen molar-refractivity contribution in [3.63, 3.8) is 0 Å². The lowest BCUT2D eigenvalue weighted by molar-refractivity contribution is -0.116. The summed E-state index contributed by atoms with van der Waals surface area (Å²) in [5.41, 5.74) is 3.45. The normalized spacial score (nSPS) is 10.4. The van der Waals surface area contributed by atoms with E-state index >= 15 is 0 Å². The van der Waals surface area contributed by atoms with Gasteiger partial charge < -0.3 is 9.88 Å². The predicted octanol–water partition coefficient (Wildman–Crippen LogP) is 4.39. The van der Waals surface area contributed by atoms with E-state index in [0.717, 1.165) is 16.9 Å². The summed E-state index contributed by atoms with van der Waals surface area (Å²) in [6, 6.07) is 18.9. The summed E-state index contributed by atoms with van der Waals surface area (Å²) in [5.74, 6) is -0.179. The molecule has 0 bridgehead atoms. The quantitative estimate of drug-likeness (QED) is 0.681. The molecular weight excluding hydrogens is 312 g/mol. The van der Waals surface area contributed by atoms with Crippen LogP contribution in [-0.2, 0) is 4.79 Å². The van der Waals surface area contributed by atoms with Gasteiger partial charge in [-0.05, 0) is 37.3 Å². The molecule has 0 aliphatic rings. The minimum Gasteiger partial charge on any atom is -0.326 e. The van der Waals surface area contributed by atoms with Crippen molar-refractivity contribution in [1.29, 1.82) is 0 Å². The Morgan fingerprint density at radius 1 is 0.920 bits per heavy atom. The number of Topliss-reactive ketones (excluding diaryl/α,β-unsaturated/α-hetero) is 1. The Bertz CT molecular complexity index is 865. The first-order chi connectivity index (χ1) is 12.1. The van der Waals surface area contributed by atoms with Gasteiger partial charge in [-0.2, -0.15) is 0 Å². The predicted molar refractivity (Wildman–Crippen MR) is 99.1 cm³/mol. The number of hydrogen-bond donors (Lipinski definition) is 1. The second kappa shape index (κ2) is 7.62. The molecule has 3 rings (SSSR count). The molecule has 2 aromatic carbocycles. The zero-order chi connectivity index (χ0) is 17.6. The molecule has 0 radical (unpaired) electrons. The van der Waals surface area contributed by atoms with E-state index in [1.54, 1.807) is 12.1 Å². The number of anilines is 1. The maximum Gasteiger partial charge on any atom is 0.224 e. The number of carbonyl (C=O) groups excluding carboxylic acids is 2. The highest BCUT2D eigenvalue weighted by atomic mass is 16.2. The van der Waals surface area contributed by atoms with Crippen molar-refractivity contribution in [3.05, 3.63) is 84.2 Å². The molecule has 4 heteroatoms. The largest absolute Gasteiger partial charge is 0.326 e. The molecule has 1 aromatic heterocycles. The molecule has 0 atom stereocenters. The molecular formula is C21H20N2O2. The monoisotopic (exact) mass is 332 g/mol. The Morgan fingerprint density at radius 3 is 2.36 bits per heavy atom. The fourth-order valence-corrected chi connectivity index (χ4v) is 2.59. The summed E-state index contributed by atoms with van der Waals surface area (Å²) < 4.78 is 1.97. The van der Waals surface area contributed by atoms with Gasteiger partial charge >= 0.3 is 0 Å². The smallest absolute Gasteiger partial charge is 0.224 e. The van der Waals surface area contributed by atoms with Crippen LogP contribution < -0.4 is 5.32 Å². The molecule has 1 amide bonds. The van der Waals surface area contributed by atoms with Gasteiger partial charge in [0.1, 0.15) is 0 Å². The third-order valence-electron chi connectivity index (χ3n) is 3.99. The molecule has 0 saturated carbocycles. The first-order valence-corrected chi connectivity index (χ1v) is 8.25. The maximum absolute atomic E-state index is 12.1. The van der Waals surface area contributed by atoms with Crippen LogP contribution in [0, 0.1) is 6.92 Å². The van der Waals surface area contributed by atoms with E-state index in [9.17, 15) is 9.59 Å². The Hall–Kier alpha value is -3.14. The van der Waals surface area contributed by atoms with Crippen molar-refractivity contribution in [2.24, 2.45) is 0 Å². The summed E-state index contributed by atoms with van der Waals surface area (Å²) >= 11 is 0. The third kappa shape index (κ3) is 4.44. The number of hydrogen-bond acceptors (Lipinski definition) is 2. The van der Waals surface area contributed by atoms with E-state index in [2.05, 4.69) is 5.32 Å². The van der Waals surface area contributed by atoms with Crippen molar-refractivity contribution in [1.82, 2.24) is 4.57 Å². The number of benzene rings is 2. The van der Waals surface area contributed by atoms with Crippen LogP contribution in [0.2, 0.25) is 0 Å². The van der Waals surface area contributed by atoms with Gasteiger partial charge in [0.15, 0.2) is 5.78 Å². The fourth-order valence-electron chi connectivity index (χ4n) is 2.59. The number of amides is 1. The van der Waals surface area contributed by atoms with E-state index < -0.39 is 0 Å². The number of nitrogens with one attached hydrogen (secondary N) is 1. The average Bonchev–Trinajstić information content (AvgIpc) is 3.15. The van der Waals surface area contributed by atoms with Gasteiger partial charge in [-0.15, -0.1) is 0 Å². The van der Waals surface area contributed by atoms with Crippen molar-refractivity contribution in [2.75, 3.05) is 5.32 Å². The van der Waals surface area contributed by atoms with Crippen LogP contribution in [0.25, 0.3) is 5.69 Å². The number of rotatable bonds is 6. The molecule has 0 fully saturated rings. The van der Waals surface area contributed by atoms with Crippen LogP contribution in [0.3, 0.4) is 0 Å². The van der Waals surface area contributed by atoms with Gasteiger partial charge in [-0.3, -0.25) is 9.59 Å². The van der Waals surface area contributed by atoms with E-state index in [0.29, 0.717) is 5.56 Å². The molecule has 4 nitrogen and oxygen atoms in total. The number of aromatic nitrogens is 1. The highest BCUT2D eigenvalue weighted by molar-refractivity contribution is 6.00. The zero-order valence-electron chi connectivity index (χ0n) is 14.1. The Kier molecular flexibility index (Phi) is 5.09. The molecule has 25 heavy (non-hydrogen) atoms. The maximum atomic E-state index is 12.1. The minimum absolute atomic E-state index is 0.0174. The van der Waals surface area contributed by atoms with Gasteiger partial charge in [0.25, 0.3) is 0 Å². The zero-order valence-corrected chi connectivity index (χ0v) is 14.1. The van der Waals surface area contributed by atoms with Crippen LogP contribution >= 0.6 is 0 Å². The second-order valence-electron chi connectivity index (χ2n) is 5.98. The van der Waals surface area contributed by atoms with Crippen molar-refractivity contribution in [2.45, 2.75) is 19.8 Å². The lowest BCUT2D eigenvalue weighted by Gasteiger charge is -2.08. The van der Waals surface area contributed by atoms with Crippen LogP contribution in [-0.4, -0.2) is 16.3 Å². The van der Waals surface area contributed by atoms with E-state index in [4.69, 9.17) is 0 Å². The van der Waals surface area contributed by atoms with Crippen LogP contribution in [0.1, 0.15) is 28.8 Å². The molecule has 0 spiro atoms. The fraction of sp³-hybridized carbons (Fsp3) is 0.143. The molecule has 0 aliphatic carbocycles. The highest BCUT2D eigenvalue weighted by Crippen LogP contribution is 2.15. The van der Waals surface area contributed by atoms with Crippen molar-refractivity contribution >= 4 is 17.4 Å². The van der Waals surface area contributed by atoms with Crippen molar-refractivity contribution < 1.29 is 9.59 Å². The van der Waals surface area contributed by atoms with E-state index in [1.165, 1.54) is 0 Å². The lowest BCUT2D eigenvalue weighted by Crippen LogP contribution is -2.13. The Labute approximate surface area is 147 Å². The van der Waals surface area contributed by atoms with Gasteiger partial charge in [-0.25, -0.2) is 0 Å². The van der Waals surface area contributed by atoms with Crippen molar-refractivity contribution in [3.8, 4) is 5.69 Å². The van der Waals surface area contributed by atoms with Crippen LogP contribution in [0.15, 0.2) is 73.1 Å². The third-order valence-corrected chi connectivity index (χ3v) is 3.99. The molecule has 0 aliphatic heterocycles. The van der Waals surface area contributed by atoms with Gasteiger partial charge in [0, 0.05) is 42.2 Å². The number of carbonyl (C=O) groups is 2. The molecule has 0 saturated heterocycles. The molecule has 1 N–H and O–H groups in total. The number of ketones is 1. The van der Waals surface area contributed by atoms with Gasteiger partial charge in [0.2, 0.25) is 5.91 Å². The second-order valence-corrected chi connectivity index (χ2v) is 5.98. The summed E-state index contributed by atoms with van der Waals surface area (Å²) in [6.07, 6.45) is 4.26. The molecule has 0 unspecified atom stereocenters. The topological polar surface area (TPSA) is 51.1 Å². The summed E-state index contributed by atoms with van der Waals surface area (Å²) in [7, 11) is 0. The van der Waals surface area contributed by atoms with E-state index in [-0.39, 0.29) is 24.5 Å².